The molecule has 0 aliphatic heterocycles. The van der Waals surface area contributed by atoms with Gasteiger partial charge >= 0.3 is 0 Å². The van der Waals surface area contributed by atoms with Gasteiger partial charge in [-0.15, -0.1) is 0 Å². The number of rotatable bonds is 3. The van der Waals surface area contributed by atoms with E-state index in [1.54, 1.807) is 6.07 Å². The second-order valence-corrected chi connectivity index (χ2v) is 3.90. The molecule has 1 aromatic carbocycles. The summed E-state index contributed by atoms with van der Waals surface area (Å²) in [5.74, 6) is 5.82. The van der Waals surface area contributed by atoms with E-state index in [9.17, 15) is 4.39 Å². The number of anilines is 1. The van der Waals surface area contributed by atoms with E-state index in [0.717, 1.165) is 0 Å². The number of aromatic nitrogens is 2. The lowest BCUT2D eigenvalue weighted by Gasteiger charge is -2.06. The van der Waals surface area contributed by atoms with Gasteiger partial charge in [0.1, 0.15) is 11.6 Å². The second-order valence-electron chi connectivity index (χ2n) is 3.04. The smallest absolute Gasteiger partial charge is 0.240 e. The summed E-state index contributed by atoms with van der Waals surface area (Å²) in [6.07, 6.45) is 1.50. The molecule has 0 radical (unpaired) electrons. The van der Waals surface area contributed by atoms with Crippen molar-refractivity contribution in [3.05, 3.63) is 40.8 Å². The Morgan fingerprint density at radius 3 is 2.88 bits per heavy atom. The molecule has 0 aliphatic carbocycles. The van der Waals surface area contributed by atoms with Crippen molar-refractivity contribution in [2.75, 3.05) is 5.43 Å². The lowest BCUT2D eigenvalue weighted by Crippen LogP contribution is -2.10. The molecule has 0 unspecified atom stereocenters. The van der Waals surface area contributed by atoms with Crippen molar-refractivity contribution in [3.63, 3.8) is 0 Å². The van der Waals surface area contributed by atoms with Crippen LogP contribution in [0.2, 0.25) is 0 Å². The third-order valence-electron chi connectivity index (χ3n) is 1.87. The zero-order valence-corrected chi connectivity index (χ0v) is 10.1. The van der Waals surface area contributed by atoms with Gasteiger partial charge in [0.05, 0.1) is 4.47 Å². The number of benzene rings is 1. The van der Waals surface area contributed by atoms with Gasteiger partial charge in [0, 0.05) is 12.3 Å². The Bertz CT molecular complexity index is 537. The zero-order valence-electron chi connectivity index (χ0n) is 8.52. The first kappa shape index (κ1) is 11.7. The highest BCUT2D eigenvalue weighted by atomic mass is 79.9. The van der Waals surface area contributed by atoms with Crippen LogP contribution in [0.15, 0.2) is 34.9 Å². The van der Waals surface area contributed by atoms with Gasteiger partial charge in [0.2, 0.25) is 11.8 Å². The average Bonchev–Trinajstić information content (AvgIpc) is 2.34. The van der Waals surface area contributed by atoms with E-state index in [4.69, 9.17) is 10.6 Å². The Labute approximate surface area is 105 Å². The summed E-state index contributed by atoms with van der Waals surface area (Å²) in [7, 11) is 0. The molecule has 3 N–H and O–H groups in total. The van der Waals surface area contributed by atoms with Gasteiger partial charge in [-0.1, -0.05) is 0 Å². The number of nitrogens with zero attached hydrogens (tertiary/aromatic N) is 2. The molecule has 88 valence electrons. The van der Waals surface area contributed by atoms with Crippen LogP contribution in [-0.4, -0.2) is 9.97 Å². The number of hydrogen-bond acceptors (Lipinski definition) is 5. The van der Waals surface area contributed by atoms with Crippen LogP contribution in [0.3, 0.4) is 0 Å². The van der Waals surface area contributed by atoms with Gasteiger partial charge in [-0.05, 0) is 34.1 Å². The van der Waals surface area contributed by atoms with E-state index in [0.29, 0.717) is 16.1 Å². The lowest BCUT2D eigenvalue weighted by molar-refractivity contribution is 0.460. The fourth-order valence-electron chi connectivity index (χ4n) is 1.13. The van der Waals surface area contributed by atoms with E-state index >= 15 is 0 Å². The van der Waals surface area contributed by atoms with Crippen molar-refractivity contribution in [2.24, 2.45) is 5.84 Å². The van der Waals surface area contributed by atoms with Crippen LogP contribution in [0.1, 0.15) is 0 Å². The van der Waals surface area contributed by atoms with Crippen LogP contribution in [0.5, 0.6) is 11.6 Å². The Balaban J connectivity index is 2.22. The maximum absolute atomic E-state index is 13.0. The highest BCUT2D eigenvalue weighted by Crippen LogP contribution is 2.25. The summed E-state index contributed by atoms with van der Waals surface area (Å²) in [6, 6.07) is 5.87. The molecular weight excluding hydrogens is 291 g/mol. The maximum atomic E-state index is 13.0. The van der Waals surface area contributed by atoms with E-state index in [1.807, 2.05) is 0 Å². The van der Waals surface area contributed by atoms with Crippen LogP contribution in [0.4, 0.5) is 10.3 Å². The van der Waals surface area contributed by atoms with Gasteiger partial charge in [0.25, 0.3) is 0 Å². The Kier molecular flexibility index (Phi) is 3.50. The minimum Gasteiger partial charge on any atom is -0.439 e. The van der Waals surface area contributed by atoms with E-state index < -0.39 is 0 Å². The predicted molar refractivity (Wildman–Crippen MR) is 64.0 cm³/mol. The van der Waals surface area contributed by atoms with Gasteiger partial charge in [-0.25, -0.2) is 15.2 Å². The highest BCUT2D eigenvalue weighted by molar-refractivity contribution is 9.10. The van der Waals surface area contributed by atoms with E-state index in [-0.39, 0.29) is 11.8 Å². The summed E-state index contributed by atoms with van der Waals surface area (Å²) in [4.78, 5) is 7.79. The van der Waals surface area contributed by atoms with Gasteiger partial charge in [-0.2, -0.15) is 4.98 Å². The molecule has 7 heteroatoms. The Hall–Kier alpha value is -1.73. The summed E-state index contributed by atoms with van der Waals surface area (Å²) >= 11 is 3.07. The number of ether oxygens (including phenoxy) is 1. The van der Waals surface area contributed by atoms with Crippen molar-refractivity contribution in [2.45, 2.75) is 0 Å². The van der Waals surface area contributed by atoms with Crippen molar-refractivity contribution < 1.29 is 9.13 Å². The molecule has 5 nitrogen and oxygen atoms in total. The minimum atomic E-state index is -0.357. The molecular formula is C10H8BrFN4O. The molecule has 17 heavy (non-hydrogen) atoms. The molecule has 0 aliphatic rings. The highest BCUT2D eigenvalue weighted by Gasteiger charge is 2.04. The normalized spacial score (nSPS) is 10.1. The first-order valence-electron chi connectivity index (χ1n) is 4.61. The number of nitrogens with two attached hydrogens (primary N) is 1. The monoisotopic (exact) mass is 298 g/mol. The molecule has 1 aromatic heterocycles. The first-order valence-corrected chi connectivity index (χ1v) is 5.41. The average molecular weight is 299 g/mol. The van der Waals surface area contributed by atoms with Crippen molar-refractivity contribution >= 4 is 21.9 Å². The Morgan fingerprint density at radius 2 is 2.18 bits per heavy atom. The fourth-order valence-corrected chi connectivity index (χ4v) is 1.49. The van der Waals surface area contributed by atoms with Crippen LogP contribution in [-0.2, 0) is 0 Å². The molecule has 0 spiro atoms. The van der Waals surface area contributed by atoms with Gasteiger partial charge in [-0.3, -0.25) is 5.43 Å². The quantitative estimate of drug-likeness (QED) is 0.673. The summed E-state index contributed by atoms with van der Waals surface area (Å²) < 4.78 is 18.7. The first-order chi connectivity index (χ1) is 8.19. The molecule has 0 amide bonds. The number of nitrogen functional groups attached to an aromatic ring is 1. The summed E-state index contributed by atoms with van der Waals surface area (Å²) in [6.45, 7) is 0. The van der Waals surface area contributed by atoms with E-state index in [2.05, 4.69) is 31.3 Å². The zero-order chi connectivity index (χ0) is 12.3. The maximum Gasteiger partial charge on any atom is 0.240 e. The molecule has 0 bridgehead atoms. The largest absolute Gasteiger partial charge is 0.439 e. The van der Waals surface area contributed by atoms with Gasteiger partial charge < -0.3 is 4.74 Å². The summed E-state index contributed by atoms with van der Waals surface area (Å²) in [5.41, 5.74) is 2.30. The van der Waals surface area contributed by atoms with Crippen molar-refractivity contribution in [3.8, 4) is 11.6 Å². The van der Waals surface area contributed by atoms with Crippen LogP contribution in [0.25, 0.3) is 0 Å². The minimum absolute atomic E-state index is 0.240. The number of hydrogen-bond donors (Lipinski definition) is 2. The summed E-state index contributed by atoms with van der Waals surface area (Å²) in [5, 5.41) is 0. The molecule has 0 atom stereocenters. The lowest BCUT2D eigenvalue weighted by atomic mass is 10.3. The second kappa shape index (κ2) is 5.07. The van der Waals surface area contributed by atoms with Crippen LogP contribution >= 0.6 is 15.9 Å². The third kappa shape index (κ3) is 2.89. The number of hydrazine groups is 1. The Morgan fingerprint density at radius 1 is 1.35 bits per heavy atom. The number of nitrogens with one attached hydrogen (secondary N) is 1. The van der Waals surface area contributed by atoms with Gasteiger partial charge in [0.15, 0.2) is 0 Å². The molecule has 2 aromatic rings. The van der Waals surface area contributed by atoms with Crippen LogP contribution < -0.4 is 16.0 Å². The fraction of sp³-hybridized carbons (Fsp3) is 0. The van der Waals surface area contributed by atoms with Crippen molar-refractivity contribution in [1.82, 2.24) is 9.97 Å². The van der Waals surface area contributed by atoms with Crippen LogP contribution in [0, 0.1) is 5.82 Å². The molecule has 0 saturated carbocycles. The standard InChI is InChI=1S/C10H8BrFN4O/c11-7-5-6(1-2-8(7)12)17-9-3-4-14-10(15-9)16-13/h1-5H,13H2,(H,14,15,16). The number of halogens is 2. The predicted octanol–water partition coefficient (Wildman–Crippen LogP) is 2.46. The SMILES string of the molecule is NNc1nccc(Oc2ccc(F)c(Br)c2)n1. The molecule has 0 fully saturated rings. The van der Waals surface area contributed by atoms with Crippen molar-refractivity contribution in [1.29, 1.82) is 0 Å². The molecule has 1 heterocycles. The molecule has 2 rings (SSSR count). The topological polar surface area (TPSA) is 73.1 Å². The third-order valence-corrected chi connectivity index (χ3v) is 2.48. The molecule has 0 saturated heterocycles. The van der Waals surface area contributed by atoms with E-state index in [1.165, 1.54) is 24.4 Å².